The fourth-order valence-electron chi connectivity index (χ4n) is 3.94. The molecule has 0 aliphatic carbocycles. The van der Waals surface area contributed by atoms with Gasteiger partial charge in [-0.1, -0.05) is 18.2 Å². The van der Waals surface area contributed by atoms with Crippen molar-refractivity contribution in [2.75, 3.05) is 0 Å². The van der Waals surface area contributed by atoms with Crippen LogP contribution in [0.3, 0.4) is 0 Å². The van der Waals surface area contributed by atoms with E-state index in [9.17, 15) is 8.42 Å². The molecule has 1 fully saturated rings. The van der Waals surface area contributed by atoms with Gasteiger partial charge in [-0.2, -0.15) is 0 Å². The molecule has 0 radical (unpaired) electrons. The van der Waals surface area contributed by atoms with Crippen LogP contribution in [0.4, 0.5) is 0 Å². The second-order valence-electron chi connectivity index (χ2n) is 7.52. The standard InChI is InChI=1S/C16H26N2O2S/c1-15(2)10-12(11-16(3,4)18-15)9-13-7-5-6-8-14(13)21(17,19)20/h5-8,12,18H,9-11H2,1-4H3,(H2,17,19,20). The van der Waals surface area contributed by atoms with Crippen molar-refractivity contribution >= 4 is 10.0 Å². The number of sulfonamides is 1. The molecule has 1 heterocycles. The quantitative estimate of drug-likeness (QED) is 0.900. The molecule has 3 N–H and O–H groups in total. The van der Waals surface area contributed by atoms with Gasteiger partial charge in [0.2, 0.25) is 10.0 Å². The molecule has 1 saturated heterocycles. The molecule has 4 nitrogen and oxygen atoms in total. The number of rotatable bonds is 3. The normalized spacial score (nSPS) is 22.1. The van der Waals surface area contributed by atoms with E-state index in [2.05, 4.69) is 33.0 Å². The fourth-order valence-corrected chi connectivity index (χ4v) is 4.72. The summed E-state index contributed by atoms with van der Waals surface area (Å²) in [5.41, 5.74) is 0.949. The van der Waals surface area contributed by atoms with Crippen molar-refractivity contribution < 1.29 is 8.42 Å². The Labute approximate surface area is 128 Å². The van der Waals surface area contributed by atoms with E-state index in [0.717, 1.165) is 24.8 Å². The Bertz CT molecular complexity index is 605. The van der Waals surface area contributed by atoms with Crippen LogP contribution >= 0.6 is 0 Å². The van der Waals surface area contributed by atoms with Gasteiger partial charge < -0.3 is 5.32 Å². The minimum Gasteiger partial charge on any atom is -0.307 e. The van der Waals surface area contributed by atoms with Gasteiger partial charge >= 0.3 is 0 Å². The van der Waals surface area contributed by atoms with Crippen LogP contribution in [0.15, 0.2) is 29.2 Å². The van der Waals surface area contributed by atoms with Crippen molar-refractivity contribution in [3.05, 3.63) is 29.8 Å². The van der Waals surface area contributed by atoms with E-state index in [0.29, 0.717) is 5.92 Å². The topological polar surface area (TPSA) is 72.2 Å². The van der Waals surface area contributed by atoms with E-state index in [1.807, 2.05) is 12.1 Å². The van der Waals surface area contributed by atoms with Crippen molar-refractivity contribution in [3.8, 4) is 0 Å². The first-order chi connectivity index (χ1) is 9.49. The van der Waals surface area contributed by atoms with Gasteiger partial charge in [0.15, 0.2) is 0 Å². The Morgan fingerprint density at radius 2 is 1.67 bits per heavy atom. The third-order valence-corrected chi connectivity index (χ3v) is 5.07. The third kappa shape index (κ3) is 4.28. The zero-order chi connectivity index (χ0) is 15.9. The molecule has 0 saturated carbocycles. The summed E-state index contributed by atoms with van der Waals surface area (Å²) >= 11 is 0. The van der Waals surface area contributed by atoms with Crippen LogP contribution in [-0.2, 0) is 16.4 Å². The van der Waals surface area contributed by atoms with Crippen molar-refractivity contribution in [1.82, 2.24) is 5.32 Å². The zero-order valence-electron chi connectivity index (χ0n) is 13.3. The lowest BCUT2D eigenvalue weighted by atomic mass is 9.74. The fraction of sp³-hybridized carbons (Fsp3) is 0.625. The highest BCUT2D eigenvalue weighted by Gasteiger charge is 2.37. The Morgan fingerprint density at radius 3 is 2.19 bits per heavy atom. The first-order valence-corrected chi connectivity index (χ1v) is 8.93. The van der Waals surface area contributed by atoms with Gasteiger partial charge in [0.25, 0.3) is 0 Å². The lowest BCUT2D eigenvalue weighted by Gasteiger charge is -2.46. The van der Waals surface area contributed by atoms with Gasteiger partial charge in [-0.25, -0.2) is 13.6 Å². The number of benzene rings is 1. The van der Waals surface area contributed by atoms with Gasteiger partial charge in [-0.15, -0.1) is 0 Å². The van der Waals surface area contributed by atoms with Crippen LogP contribution in [0.2, 0.25) is 0 Å². The van der Waals surface area contributed by atoms with Crippen molar-refractivity contribution in [2.45, 2.75) is 62.9 Å². The SMILES string of the molecule is CC1(C)CC(Cc2ccccc2S(N)(=O)=O)CC(C)(C)N1. The van der Waals surface area contributed by atoms with Crippen LogP contribution in [0.1, 0.15) is 46.1 Å². The predicted molar refractivity (Wildman–Crippen MR) is 85.5 cm³/mol. The van der Waals surface area contributed by atoms with Crippen molar-refractivity contribution in [2.24, 2.45) is 11.1 Å². The molecule has 0 bridgehead atoms. The summed E-state index contributed by atoms with van der Waals surface area (Å²) in [6, 6.07) is 7.07. The predicted octanol–water partition coefficient (Wildman–Crippen LogP) is 2.43. The summed E-state index contributed by atoms with van der Waals surface area (Å²) in [7, 11) is -3.66. The van der Waals surface area contributed by atoms with Gasteiger partial charge in [-0.05, 0) is 64.5 Å². The minimum atomic E-state index is -3.66. The summed E-state index contributed by atoms with van der Waals surface area (Å²) < 4.78 is 23.4. The monoisotopic (exact) mass is 310 g/mol. The summed E-state index contributed by atoms with van der Waals surface area (Å²) in [6.07, 6.45) is 2.80. The van der Waals surface area contributed by atoms with E-state index >= 15 is 0 Å². The Balaban J connectivity index is 2.27. The molecule has 5 heteroatoms. The molecular weight excluding hydrogens is 284 g/mol. The van der Waals surface area contributed by atoms with Crippen molar-refractivity contribution in [3.63, 3.8) is 0 Å². The molecule has 0 spiro atoms. The molecule has 0 aromatic heterocycles. The number of piperidine rings is 1. The molecular formula is C16H26N2O2S. The van der Waals surface area contributed by atoms with Gasteiger partial charge in [0, 0.05) is 11.1 Å². The lowest BCUT2D eigenvalue weighted by Crippen LogP contribution is -2.58. The molecule has 1 aliphatic rings. The summed E-state index contributed by atoms with van der Waals surface area (Å²) in [6.45, 7) is 8.80. The average Bonchev–Trinajstić information content (AvgIpc) is 2.23. The Kier molecular flexibility index (Phi) is 4.21. The molecule has 0 unspecified atom stereocenters. The van der Waals surface area contributed by atoms with E-state index < -0.39 is 10.0 Å². The first-order valence-electron chi connectivity index (χ1n) is 7.39. The maximum Gasteiger partial charge on any atom is 0.238 e. The van der Waals surface area contributed by atoms with Crippen LogP contribution in [0.25, 0.3) is 0 Å². The Morgan fingerprint density at radius 1 is 1.14 bits per heavy atom. The molecule has 1 aromatic rings. The van der Waals surface area contributed by atoms with Gasteiger partial charge in [-0.3, -0.25) is 0 Å². The summed E-state index contributed by atoms with van der Waals surface area (Å²) in [4.78, 5) is 0.263. The largest absolute Gasteiger partial charge is 0.307 e. The maximum absolute atomic E-state index is 11.7. The third-order valence-electron chi connectivity index (χ3n) is 4.06. The zero-order valence-corrected chi connectivity index (χ0v) is 14.1. The maximum atomic E-state index is 11.7. The molecule has 2 rings (SSSR count). The second kappa shape index (κ2) is 5.38. The minimum absolute atomic E-state index is 0.0585. The molecule has 118 valence electrons. The summed E-state index contributed by atoms with van der Waals surface area (Å²) in [5, 5.41) is 8.98. The number of nitrogens with one attached hydrogen (secondary N) is 1. The van der Waals surface area contributed by atoms with Crippen LogP contribution < -0.4 is 10.5 Å². The molecule has 0 amide bonds. The van der Waals surface area contributed by atoms with Gasteiger partial charge in [0.05, 0.1) is 4.90 Å². The Hall–Kier alpha value is -0.910. The number of hydrogen-bond donors (Lipinski definition) is 2. The molecule has 21 heavy (non-hydrogen) atoms. The lowest BCUT2D eigenvalue weighted by molar-refractivity contribution is 0.128. The van der Waals surface area contributed by atoms with E-state index in [4.69, 9.17) is 5.14 Å². The van der Waals surface area contributed by atoms with Crippen LogP contribution in [-0.4, -0.2) is 19.5 Å². The van der Waals surface area contributed by atoms with Gasteiger partial charge in [0.1, 0.15) is 0 Å². The van der Waals surface area contributed by atoms with E-state index in [1.165, 1.54) is 0 Å². The molecule has 1 aliphatic heterocycles. The van der Waals surface area contributed by atoms with Crippen LogP contribution in [0, 0.1) is 5.92 Å². The van der Waals surface area contributed by atoms with Crippen LogP contribution in [0.5, 0.6) is 0 Å². The first kappa shape index (κ1) is 16.5. The average molecular weight is 310 g/mol. The van der Waals surface area contributed by atoms with Crippen molar-refractivity contribution in [1.29, 1.82) is 0 Å². The highest BCUT2D eigenvalue weighted by atomic mass is 32.2. The molecule has 0 atom stereocenters. The number of hydrogen-bond acceptors (Lipinski definition) is 3. The summed E-state index contributed by atoms with van der Waals surface area (Å²) in [5.74, 6) is 0.444. The molecule has 1 aromatic carbocycles. The number of nitrogens with two attached hydrogens (primary N) is 1. The van der Waals surface area contributed by atoms with E-state index in [1.54, 1.807) is 12.1 Å². The number of primary sulfonamides is 1. The smallest absolute Gasteiger partial charge is 0.238 e. The second-order valence-corrected chi connectivity index (χ2v) is 9.05. The van der Waals surface area contributed by atoms with E-state index in [-0.39, 0.29) is 16.0 Å². The highest BCUT2D eigenvalue weighted by molar-refractivity contribution is 7.89. The highest BCUT2D eigenvalue weighted by Crippen LogP contribution is 2.35.